The van der Waals surface area contributed by atoms with E-state index in [0.717, 1.165) is 5.57 Å². The molecule has 2 aliphatic rings. The van der Waals surface area contributed by atoms with Gasteiger partial charge in [0.2, 0.25) is 0 Å². The molecule has 0 bridgehead atoms. The van der Waals surface area contributed by atoms with Crippen LogP contribution >= 0.6 is 0 Å². The summed E-state index contributed by atoms with van der Waals surface area (Å²) in [5.41, 5.74) is 5.15. The van der Waals surface area contributed by atoms with Gasteiger partial charge in [-0.15, -0.1) is 5.73 Å². The highest BCUT2D eigenvalue weighted by molar-refractivity contribution is 5.31. The SMILES string of the molecule is C=C(C)C=C=C1C[C@@H](O)[C@@H]2O[C@]2(CC=C(C)C)[C@H]1O. The average molecular weight is 262 g/mol. The van der Waals surface area contributed by atoms with Crippen LogP contribution in [0.3, 0.4) is 0 Å². The van der Waals surface area contributed by atoms with E-state index in [2.05, 4.69) is 12.3 Å². The Kier molecular flexibility index (Phi) is 3.84. The van der Waals surface area contributed by atoms with Gasteiger partial charge < -0.3 is 14.9 Å². The van der Waals surface area contributed by atoms with Crippen molar-refractivity contribution in [2.75, 3.05) is 0 Å². The zero-order chi connectivity index (χ0) is 14.2. The molecule has 0 amide bonds. The molecule has 0 radical (unpaired) electrons. The predicted molar refractivity (Wildman–Crippen MR) is 74.7 cm³/mol. The van der Waals surface area contributed by atoms with Crippen LogP contribution in [-0.2, 0) is 4.74 Å². The number of hydrogen-bond donors (Lipinski definition) is 2. The van der Waals surface area contributed by atoms with E-state index in [1.807, 2.05) is 26.8 Å². The van der Waals surface area contributed by atoms with Crippen LogP contribution < -0.4 is 0 Å². The summed E-state index contributed by atoms with van der Waals surface area (Å²) in [6, 6.07) is 0. The maximum absolute atomic E-state index is 10.5. The smallest absolute Gasteiger partial charge is 0.131 e. The lowest BCUT2D eigenvalue weighted by Crippen LogP contribution is -2.42. The Labute approximate surface area is 114 Å². The van der Waals surface area contributed by atoms with Gasteiger partial charge in [0, 0.05) is 18.4 Å². The van der Waals surface area contributed by atoms with Crippen LogP contribution in [0.15, 0.2) is 41.2 Å². The van der Waals surface area contributed by atoms with E-state index in [-0.39, 0.29) is 6.10 Å². The van der Waals surface area contributed by atoms with Gasteiger partial charge in [0.1, 0.15) is 17.8 Å². The molecule has 1 heterocycles. The monoisotopic (exact) mass is 262 g/mol. The Hall–Kier alpha value is -1.12. The largest absolute Gasteiger partial charge is 0.390 e. The molecule has 1 saturated heterocycles. The molecular formula is C16H22O3. The maximum Gasteiger partial charge on any atom is 0.131 e. The third-order valence-electron chi connectivity index (χ3n) is 3.68. The van der Waals surface area contributed by atoms with Crippen LogP contribution in [0.25, 0.3) is 0 Å². The summed E-state index contributed by atoms with van der Waals surface area (Å²) in [6.07, 6.45) is 3.29. The van der Waals surface area contributed by atoms with Gasteiger partial charge in [-0.05, 0) is 26.8 Å². The summed E-state index contributed by atoms with van der Waals surface area (Å²) in [6.45, 7) is 9.67. The van der Waals surface area contributed by atoms with Crippen LogP contribution in [-0.4, -0.2) is 34.1 Å². The highest BCUT2D eigenvalue weighted by Gasteiger charge is 2.67. The molecule has 0 unspecified atom stereocenters. The van der Waals surface area contributed by atoms with Gasteiger partial charge >= 0.3 is 0 Å². The molecule has 0 aromatic heterocycles. The number of ether oxygens (including phenoxy) is 1. The molecule has 4 atom stereocenters. The number of rotatable bonds is 3. The van der Waals surface area contributed by atoms with Crippen LogP contribution in [0.2, 0.25) is 0 Å². The van der Waals surface area contributed by atoms with Gasteiger partial charge in [-0.1, -0.05) is 23.8 Å². The van der Waals surface area contributed by atoms with Crippen molar-refractivity contribution in [1.29, 1.82) is 0 Å². The zero-order valence-electron chi connectivity index (χ0n) is 11.8. The Morgan fingerprint density at radius 1 is 1.47 bits per heavy atom. The third-order valence-corrected chi connectivity index (χ3v) is 3.68. The number of fused-ring (bicyclic) bond motifs is 1. The standard InChI is InChI=1S/C16H22O3/c1-10(2)5-6-12-9-13(17)15-16(19-15,14(12)18)8-7-11(3)4/h5,7,13-15,17-18H,1,8-9H2,2-4H3/t6?,13-,14+,15+,16-/m1/s1. The van der Waals surface area contributed by atoms with Gasteiger partial charge in [-0.25, -0.2) is 0 Å². The first-order chi connectivity index (χ1) is 8.86. The molecule has 0 spiro atoms. The summed E-state index contributed by atoms with van der Waals surface area (Å²) in [7, 11) is 0. The van der Waals surface area contributed by atoms with Gasteiger partial charge in [0.15, 0.2) is 0 Å². The normalized spacial score (nSPS) is 36.1. The lowest BCUT2D eigenvalue weighted by molar-refractivity contribution is 0.0842. The summed E-state index contributed by atoms with van der Waals surface area (Å²) < 4.78 is 5.64. The quantitative estimate of drug-likeness (QED) is 0.355. The highest BCUT2D eigenvalue weighted by Crippen LogP contribution is 2.52. The van der Waals surface area contributed by atoms with E-state index in [4.69, 9.17) is 4.74 Å². The fourth-order valence-corrected chi connectivity index (χ4v) is 2.56. The van der Waals surface area contributed by atoms with E-state index >= 15 is 0 Å². The Morgan fingerprint density at radius 2 is 2.16 bits per heavy atom. The molecular weight excluding hydrogens is 240 g/mol. The number of aliphatic hydroxyl groups is 2. The van der Waals surface area contributed by atoms with Crippen molar-refractivity contribution in [3.05, 3.63) is 41.2 Å². The topological polar surface area (TPSA) is 53.0 Å². The molecule has 1 aliphatic heterocycles. The van der Waals surface area contributed by atoms with E-state index in [1.165, 1.54) is 5.57 Å². The van der Waals surface area contributed by atoms with Gasteiger partial charge in [-0.3, -0.25) is 0 Å². The minimum absolute atomic E-state index is 0.256. The maximum atomic E-state index is 10.5. The van der Waals surface area contributed by atoms with Gasteiger partial charge in [-0.2, -0.15) is 0 Å². The summed E-state index contributed by atoms with van der Waals surface area (Å²) in [5, 5.41) is 20.5. The molecule has 104 valence electrons. The van der Waals surface area contributed by atoms with Crippen molar-refractivity contribution in [2.24, 2.45) is 0 Å². The minimum atomic E-state index is -0.702. The van der Waals surface area contributed by atoms with E-state index < -0.39 is 17.8 Å². The van der Waals surface area contributed by atoms with Crippen molar-refractivity contribution in [3.8, 4) is 0 Å². The van der Waals surface area contributed by atoms with Crippen LogP contribution in [0.1, 0.15) is 33.6 Å². The predicted octanol–water partition coefficient (Wildman–Crippen LogP) is 2.26. The molecule has 1 saturated carbocycles. The number of hydrogen-bond acceptors (Lipinski definition) is 3. The third kappa shape index (κ3) is 2.75. The van der Waals surface area contributed by atoms with Crippen molar-refractivity contribution in [3.63, 3.8) is 0 Å². The molecule has 19 heavy (non-hydrogen) atoms. The lowest BCUT2D eigenvalue weighted by Gasteiger charge is -2.27. The van der Waals surface area contributed by atoms with Crippen molar-refractivity contribution in [1.82, 2.24) is 0 Å². The van der Waals surface area contributed by atoms with Crippen molar-refractivity contribution >= 4 is 0 Å². The van der Waals surface area contributed by atoms with Crippen LogP contribution in [0, 0.1) is 0 Å². The van der Waals surface area contributed by atoms with Gasteiger partial charge in [0.05, 0.1) is 6.10 Å². The van der Waals surface area contributed by atoms with E-state index in [0.29, 0.717) is 18.4 Å². The van der Waals surface area contributed by atoms with E-state index in [1.54, 1.807) is 6.08 Å². The molecule has 3 nitrogen and oxygen atoms in total. The summed E-state index contributed by atoms with van der Waals surface area (Å²) in [5.74, 6) is 0. The van der Waals surface area contributed by atoms with Gasteiger partial charge in [0.25, 0.3) is 0 Å². The van der Waals surface area contributed by atoms with Crippen molar-refractivity contribution < 1.29 is 14.9 Å². The first-order valence-electron chi connectivity index (χ1n) is 6.65. The summed E-state index contributed by atoms with van der Waals surface area (Å²) in [4.78, 5) is 0. The second-order valence-electron chi connectivity index (χ2n) is 5.81. The molecule has 2 fully saturated rings. The van der Waals surface area contributed by atoms with E-state index in [9.17, 15) is 10.2 Å². The molecule has 0 aromatic rings. The Balaban J connectivity index is 2.26. The molecule has 0 aromatic carbocycles. The lowest BCUT2D eigenvalue weighted by atomic mass is 9.79. The molecule has 2 rings (SSSR count). The molecule has 3 heteroatoms. The highest BCUT2D eigenvalue weighted by atomic mass is 16.6. The minimum Gasteiger partial charge on any atom is -0.390 e. The molecule has 2 N–H and O–H groups in total. The Bertz CT molecular complexity index is 478. The second kappa shape index (κ2) is 5.10. The zero-order valence-corrected chi connectivity index (χ0v) is 11.8. The summed E-state index contributed by atoms with van der Waals surface area (Å²) >= 11 is 0. The fourth-order valence-electron chi connectivity index (χ4n) is 2.56. The first kappa shape index (κ1) is 14.3. The van der Waals surface area contributed by atoms with Crippen molar-refractivity contribution in [2.45, 2.75) is 57.5 Å². The number of allylic oxidation sites excluding steroid dienone is 2. The average Bonchev–Trinajstić information content (AvgIpc) is 3.06. The van der Waals surface area contributed by atoms with Crippen LogP contribution in [0.5, 0.6) is 0 Å². The second-order valence-corrected chi connectivity index (χ2v) is 5.81. The van der Waals surface area contributed by atoms with Crippen LogP contribution in [0.4, 0.5) is 0 Å². The number of aliphatic hydroxyl groups excluding tert-OH is 2. The molecule has 1 aliphatic carbocycles. The first-order valence-corrected chi connectivity index (χ1v) is 6.65. The number of epoxide rings is 1. The fraction of sp³-hybridized carbons (Fsp3) is 0.562. The Morgan fingerprint density at radius 3 is 2.74 bits per heavy atom.